The highest BCUT2D eigenvalue weighted by atomic mass is 16.7. The average Bonchev–Trinajstić information content (AvgIpc) is 3.24. The van der Waals surface area contributed by atoms with Gasteiger partial charge >= 0.3 is 5.97 Å². The molecule has 1 heterocycles. The molecular formula is C50H96O9. The van der Waals surface area contributed by atoms with Crippen molar-refractivity contribution in [3.8, 4) is 0 Å². The zero-order valence-electron chi connectivity index (χ0n) is 38.5. The van der Waals surface area contributed by atoms with Crippen LogP contribution in [0.5, 0.6) is 0 Å². The van der Waals surface area contributed by atoms with E-state index in [0.717, 1.165) is 32.1 Å². The number of esters is 1. The van der Waals surface area contributed by atoms with Crippen LogP contribution in [0.2, 0.25) is 0 Å². The lowest BCUT2D eigenvalue weighted by atomic mass is 9.99. The molecule has 0 aromatic rings. The maximum atomic E-state index is 12.8. The molecule has 1 rings (SSSR count). The number of hydrogen-bond donors (Lipinski definition) is 4. The summed E-state index contributed by atoms with van der Waals surface area (Å²) in [4.78, 5) is 12.8. The van der Waals surface area contributed by atoms with E-state index in [1.54, 1.807) is 0 Å². The Morgan fingerprint density at radius 3 is 1.37 bits per heavy atom. The standard InChI is InChI=1S/C50H96O9/c1-3-5-7-9-11-13-15-17-19-20-21-22-23-24-25-27-29-31-33-35-37-39-46(52)58-44(43-57-50-49(55)48(54)47(53)45(41-51)59-50)42-56-40-38-36-34-32-30-28-26-18-16-14-12-10-8-6-4-2/h16,18,44-45,47-51,53-55H,3-15,17,19-43H2,1-2H3/b18-16-. The third-order valence-electron chi connectivity index (χ3n) is 11.9. The van der Waals surface area contributed by atoms with Crippen molar-refractivity contribution in [3.05, 3.63) is 12.2 Å². The summed E-state index contributed by atoms with van der Waals surface area (Å²) >= 11 is 0. The van der Waals surface area contributed by atoms with E-state index < -0.39 is 43.4 Å². The lowest BCUT2D eigenvalue weighted by molar-refractivity contribution is -0.305. The fraction of sp³-hybridized carbons (Fsp3) is 0.940. The van der Waals surface area contributed by atoms with E-state index in [1.807, 2.05) is 0 Å². The summed E-state index contributed by atoms with van der Waals surface area (Å²) in [5.41, 5.74) is 0. The van der Waals surface area contributed by atoms with Gasteiger partial charge in [0.25, 0.3) is 0 Å². The number of carbonyl (C=O) groups excluding carboxylic acids is 1. The first-order valence-electron chi connectivity index (χ1n) is 25.3. The predicted octanol–water partition coefficient (Wildman–Crippen LogP) is 12.0. The molecule has 0 bridgehead atoms. The molecule has 0 aromatic heterocycles. The molecule has 0 amide bonds. The minimum atomic E-state index is -1.53. The average molecular weight is 841 g/mol. The number of aliphatic hydroxyl groups excluding tert-OH is 4. The van der Waals surface area contributed by atoms with Crippen LogP contribution in [-0.2, 0) is 23.7 Å². The van der Waals surface area contributed by atoms with E-state index in [1.165, 1.54) is 186 Å². The van der Waals surface area contributed by atoms with Crippen LogP contribution in [0.15, 0.2) is 12.2 Å². The molecule has 6 unspecified atom stereocenters. The zero-order chi connectivity index (χ0) is 42.9. The topological polar surface area (TPSA) is 135 Å². The van der Waals surface area contributed by atoms with Gasteiger partial charge in [0.2, 0.25) is 0 Å². The van der Waals surface area contributed by atoms with Gasteiger partial charge in [0, 0.05) is 13.0 Å². The Hall–Kier alpha value is -1.07. The third kappa shape index (κ3) is 33.2. The molecule has 1 saturated heterocycles. The van der Waals surface area contributed by atoms with Gasteiger partial charge in [0.1, 0.15) is 30.5 Å². The summed E-state index contributed by atoms with van der Waals surface area (Å²) in [7, 11) is 0. The first-order chi connectivity index (χ1) is 28.9. The third-order valence-corrected chi connectivity index (χ3v) is 11.9. The fourth-order valence-electron chi connectivity index (χ4n) is 7.96. The molecule has 59 heavy (non-hydrogen) atoms. The summed E-state index contributed by atoms with van der Waals surface area (Å²) in [5.74, 6) is -0.310. The number of unbranched alkanes of at least 4 members (excludes halogenated alkanes) is 31. The molecule has 0 aliphatic carbocycles. The maximum Gasteiger partial charge on any atom is 0.306 e. The summed E-state index contributed by atoms with van der Waals surface area (Å²) < 4.78 is 22.9. The molecule has 350 valence electrons. The van der Waals surface area contributed by atoms with Crippen molar-refractivity contribution in [1.29, 1.82) is 0 Å². The zero-order valence-corrected chi connectivity index (χ0v) is 38.5. The Balaban J connectivity index is 2.19. The van der Waals surface area contributed by atoms with E-state index in [4.69, 9.17) is 18.9 Å². The summed E-state index contributed by atoms with van der Waals surface area (Å²) in [5, 5.41) is 40.2. The largest absolute Gasteiger partial charge is 0.457 e. The Morgan fingerprint density at radius 2 is 0.932 bits per heavy atom. The van der Waals surface area contributed by atoms with Gasteiger partial charge in [0.05, 0.1) is 19.8 Å². The maximum absolute atomic E-state index is 12.8. The molecule has 9 nitrogen and oxygen atoms in total. The van der Waals surface area contributed by atoms with E-state index in [0.29, 0.717) is 13.0 Å². The van der Waals surface area contributed by atoms with Crippen LogP contribution in [0.1, 0.15) is 239 Å². The number of aliphatic hydroxyl groups is 4. The Bertz CT molecular complexity index is 915. The van der Waals surface area contributed by atoms with Gasteiger partial charge < -0.3 is 39.4 Å². The normalized spacial score (nSPS) is 20.1. The smallest absolute Gasteiger partial charge is 0.306 e. The molecule has 0 aromatic carbocycles. The first kappa shape index (κ1) is 55.9. The summed E-state index contributed by atoms with van der Waals surface area (Å²) in [6.45, 7) is 4.58. The van der Waals surface area contributed by atoms with Gasteiger partial charge in [-0.05, 0) is 38.5 Å². The lowest BCUT2D eigenvalue weighted by Crippen LogP contribution is -2.59. The van der Waals surface area contributed by atoms with Crippen molar-refractivity contribution in [3.63, 3.8) is 0 Å². The predicted molar refractivity (Wildman–Crippen MR) is 243 cm³/mol. The Labute approximate surface area is 363 Å². The first-order valence-corrected chi connectivity index (χ1v) is 25.3. The summed E-state index contributed by atoms with van der Waals surface area (Å²) in [6, 6.07) is 0. The van der Waals surface area contributed by atoms with Crippen LogP contribution in [0.25, 0.3) is 0 Å². The van der Waals surface area contributed by atoms with Gasteiger partial charge in [-0.25, -0.2) is 0 Å². The molecule has 0 radical (unpaired) electrons. The monoisotopic (exact) mass is 841 g/mol. The van der Waals surface area contributed by atoms with Crippen molar-refractivity contribution >= 4 is 5.97 Å². The second kappa shape index (κ2) is 42.2. The summed E-state index contributed by atoms with van der Waals surface area (Å²) in [6.07, 6.45) is 41.0. The Morgan fingerprint density at radius 1 is 0.525 bits per heavy atom. The molecule has 9 heteroatoms. The van der Waals surface area contributed by atoms with Crippen molar-refractivity contribution < 1.29 is 44.2 Å². The highest BCUT2D eigenvalue weighted by Crippen LogP contribution is 2.23. The van der Waals surface area contributed by atoms with E-state index in [9.17, 15) is 25.2 Å². The van der Waals surface area contributed by atoms with Crippen LogP contribution >= 0.6 is 0 Å². The molecule has 4 N–H and O–H groups in total. The van der Waals surface area contributed by atoms with Gasteiger partial charge in [-0.15, -0.1) is 0 Å². The van der Waals surface area contributed by atoms with Crippen LogP contribution in [0, 0.1) is 0 Å². The van der Waals surface area contributed by atoms with Gasteiger partial charge in [-0.2, -0.15) is 0 Å². The van der Waals surface area contributed by atoms with Crippen molar-refractivity contribution in [1.82, 2.24) is 0 Å². The highest BCUT2D eigenvalue weighted by Gasteiger charge is 2.44. The minimum absolute atomic E-state index is 0.110. The molecule has 0 saturated carbocycles. The van der Waals surface area contributed by atoms with Crippen molar-refractivity contribution in [2.24, 2.45) is 0 Å². The molecule has 1 aliphatic heterocycles. The van der Waals surface area contributed by atoms with Gasteiger partial charge in [-0.1, -0.05) is 206 Å². The molecule has 1 aliphatic rings. The quantitative estimate of drug-likeness (QED) is 0.0269. The van der Waals surface area contributed by atoms with Crippen LogP contribution in [-0.4, -0.2) is 89.6 Å². The van der Waals surface area contributed by atoms with Crippen molar-refractivity contribution in [2.45, 2.75) is 275 Å². The van der Waals surface area contributed by atoms with Crippen LogP contribution < -0.4 is 0 Å². The minimum Gasteiger partial charge on any atom is -0.457 e. The molecular weight excluding hydrogens is 745 g/mol. The van der Waals surface area contributed by atoms with E-state index >= 15 is 0 Å². The number of allylic oxidation sites excluding steroid dienone is 2. The molecule has 1 fully saturated rings. The van der Waals surface area contributed by atoms with Crippen molar-refractivity contribution in [2.75, 3.05) is 26.4 Å². The van der Waals surface area contributed by atoms with Crippen LogP contribution in [0.4, 0.5) is 0 Å². The van der Waals surface area contributed by atoms with Gasteiger partial charge in [-0.3, -0.25) is 4.79 Å². The molecule has 0 spiro atoms. The number of ether oxygens (including phenoxy) is 4. The number of hydrogen-bond acceptors (Lipinski definition) is 9. The SMILES string of the molecule is CCCCCCC/C=C\CCCCCCCCOCC(COC1OC(CO)C(O)C(O)C1O)OC(=O)CCCCCCCCCCCCCCCCCCCCCCC. The number of rotatable bonds is 44. The van der Waals surface area contributed by atoms with Crippen LogP contribution in [0.3, 0.4) is 0 Å². The van der Waals surface area contributed by atoms with Gasteiger partial charge in [0.15, 0.2) is 6.29 Å². The highest BCUT2D eigenvalue weighted by molar-refractivity contribution is 5.69. The second-order valence-electron chi connectivity index (χ2n) is 17.6. The lowest BCUT2D eigenvalue weighted by Gasteiger charge is -2.39. The Kier molecular flexibility index (Phi) is 40.1. The molecule has 6 atom stereocenters. The second-order valence-corrected chi connectivity index (χ2v) is 17.6. The number of carbonyl (C=O) groups is 1. The van der Waals surface area contributed by atoms with E-state index in [-0.39, 0.29) is 19.2 Å². The van der Waals surface area contributed by atoms with E-state index in [2.05, 4.69) is 26.0 Å². The fourth-order valence-corrected chi connectivity index (χ4v) is 7.96.